The molecule has 0 amide bonds. The highest BCUT2D eigenvalue weighted by atomic mass is 19.1. The second kappa shape index (κ2) is 16.5. The van der Waals surface area contributed by atoms with E-state index in [0.29, 0.717) is 10.9 Å². The average Bonchev–Trinajstić information content (AvgIpc) is 3.01. The highest BCUT2D eigenvalue weighted by Crippen LogP contribution is 2.22. The minimum absolute atomic E-state index is 0.275. The molecule has 0 aliphatic carbocycles. The third-order valence-electron chi connectivity index (χ3n) is 7.69. The van der Waals surface area contributed by atoms with Crippen molar-refractivity contribution in [1.29, 1.82) is 0 Å². The Balaban J connectivity index is 1.36. The largest absolute Gasteiger partial charge is 0.205 e. The molecule has 210 valence electrons. The number of hydrogen-bond acceptors (Lipinski definition) is 0. The smallest absolute Gasteiger partial charge is 0.146 e. The molecule has 0 saturated heterocycles. The van der Waals surface area contributed by atoms with Gasteiger partial charge in [-0.25, -0.2) is 4.39 Å². The fraction of sp³-hybridized carbons (Fsp3) is 0.350. The molecular weight excluding hydrogens is 499 g/mol. The fourth-order valence-electron chi connectivity index (χ4n) is 5.12. The molecule has 1 heteroatoms. The van der Waals surface area contributed by atoms with Crippen molar-refractivity contribution >= 4 is 10.8 Å². The fourth-order valence-corrected chi connectivity index (χ4v) is 5.12. The SMILES string of the molecule is CCCCCCCc1ccc(C#Cc2ccc3c(F)c(C#Cc4ccc(CCCCCCC)cc4)ccc3c2)cc1. The van der Waals surface area contributed by atoms with Gasteiger partial charge in [0.05, 0.1) is 5.56 Å². The van der Waals surface area contributed by atoms with Crippen molar-refractivity contribution in [2.45, 2.75) is 90.9 Å². The minimum Gasteiger partial charge on any atom is -0.205 e. The summed E-state index contributed by atoms with van der Waals surface area (Å²) in [6.45, 7) is 4.49. The van der Waals surface area contributed by atoms with Crippen LogP contribution in [0.3, 0.4) is 0 Å². The van der Waals surface area contributed by atoms with E-state index in [-0.39, 0.29) is 5.82 Å². The van der Waals surface area contributed by atoms with E-state index in [9.17, 15) is 0 Å². The van der Waals surface area contributed by atoms with Crippen LogP contribution in [0.5, 0.6) is 0 Å². The van der Waals surface area contributed by atoms with Crippen molar-refractivity contribution in [3.63, 3.8) is 0 Å². The third-order valence-corrected chi connectivity index (χ3v) is 7.69. The standard InChI is InChI=1S/C40H43F/c1-3-5-7-9-11-13-32-15-19-34(20-16-32)23-24-36-26-30-39-38(31-36)29-28-37(40(39)41)27-25-35-21-17-33(18-22-35)14-12-10-8-6-4-2/h15-22,26,28-31H,3-14H2,1-2H3. The van der Waals surface area contributed by atoms with Crippen LogP contribution in [0.1, 0.15) is 111 Å². The Bertz CT molecular complexity index is 1500. The van der Waals surface area contributed by atoms with Crippen LogP contribution in [0, 0.1) is 29.5 Å². The number of rotatable bonds is 12. The number of fused-ring (bicyclic) bond motifs is 1. The summed E-state index contributed by atoms with van der Waals surface area (Å²) in [5.74, 6) is 12.4. The summed E-state index contributed by atoms with van der Waals surface area (Å²) < 4.78 is 15.3. The van der Waals surface area contributed by atoms with Gasteiger partial charge in [-0.05, 0) is 84.7 Å². The first kappa shape index (κ1) is 30.2. The van der Waals surface area contributed by atoms with Gasteiger partial charge in [0.25, 0.3) is 0 Å². The highest BCUT2D eigenvalue weighted by Gasteiger charge is 2.06. The molecule has 0 heterocycles. The lowest BCUT2D eigenvalue weighted by atomic mass is 10.0. The third kappa shape index (κ3) is 9.66. The summed E-state index contributed by atoms with van der Waals surface area (Å²) in [7, 11) is 0. The van der Waals surface area contributed by atoms with Crippen LogP contribution >= 0.6 is 0 Å². The number of halogens is 1. The predicted molar refractivity (Wildman–Crippen MR) is 174 cm³/mol. The van der Waals surface area contributed by atoms with Crippen LogP contribution in [0.4, 0.5) is 4.39 Å². The second-order valence-electron chi connectivity index (χ2n) is 11.1. The van der Waals surface area contributed by atoms with Gasteiger partial charge in [-0.3, -0.25) is 0 Å². The topological polar surface area (TPSA) is 0 Å². The molecule has 0 saturated carbocycles. The zero-order valence-electron chi connectivity index (χ0n) is 24.9. The van der Waals surface area contributed by atoms with Crippen LogP contribution in [0.2, 0.25) is 0 Å². The average molecular weight is 543 g/mol. The van der Waals surface area contributed by atoms with Crippen molar-refractivity contribution in [3.8, 4) is 23.7 Å². The van der Waals surface area contributed by atoms with Crippen molar-refractivity contribution in [2.75, 3.05) is 0 Å². The zero-order valence-corrected chi connectivity index (χ0v) is 24.9. The molecule has 41 heavy (non-hydrogen) atoms. The lowest BCUT2D eigenvalue weighted by Gasteiger charge is -2.03. The maximum absolute atomic E-state index is 15.3. The maximum atomic E-state index is 15.3. The first-order chi connectivity index (χ1) is 20.2. The Morgan fingerprint density at radius 1 is 0.488 bits per heavy atom. The van der Waals surface area contributed by atoms with E-state index in [2.05, 4.69) is 73.9 Å². The van der Waals surface area contributed by atoms with Crippen molar-refractivity contribution in [2.24, 2.45) is 0 Å². The molecule has 4 rings (SSSR count). The van der Waals surface area contributed by atoms with Gasteiger partial charge in [0.1, 0.15) is 5.82 Å². The summed E-state index contributed by atoms with van der Waals surface area (Å²) in [5, 5.41) is 1.41. The summed E-state index contributed by atoms with van der Waals surface area (Å²) in [6, 6.07) is 26.3. The van der Waals surface area contributed by atoms with E-state index >= 15 is 4.39 Å². The van der Waals surface area contributed by atoms with E-state index in [0.717, 1.165) is 34.9 Å². The Morgan fingerprint density at radius 3 is 1.54 bits per heavy atom. The lowest BCUT2D eigenvalue weighted by Crippen LogP contribution is -1.89. The molecule has 4 aromatic carbocycles. The van der Waals surface area contributed by atoms with Crippen LogP contribution in [-0.2, 0) is 12.8 Å². The Labute approximate surface area is 247 Å². The molecule has 0 aliphatic rings. The number of hydrogen-bond donors (Lipinski definition) is 0. The molecule has 0 fully saturated rings. The van der Waals surface area contributed by atoms with E-state index in [1.807, 2.05) is 36.4 Å². The van der Waals surface area contributed by atoms with Crippen LogP contribution in [0.15, 0.2) is 78.9 Å². The van der Waals surface area contributed by atoms with Crippen LogP contribution < -0.4 is 0 Å². The summed E-state index contributed by atoms with van der Waals surface area (Å²) in [4.78, 5) is 0. The van der Waals surface area contributed by atoms with Gasteiger partial charge in [-0.15, -0.1) is 0 Å². The lowest BCUT2D eigenvalue weighted by molar-refractivity contribution is 0.632. The van der Waals surface area contributed by atoms with E-state index < -0.39 is 0 Å². The minimum atomic E-state index is -0.275. The van der Waals surface area contributed by atoms with Gasteiger partial charge in [0, 0.05) is 22.1 Å². The van der Waals surface area contributed by atoms with Crippen LogP contribution in [0.25, 0.3) is 10.8 Å². The van der Waals surface area contributed by atoms with Crippen molar-refractivity contribution in [1.82, 2.24) is 0 Å². The maximum Gasteiger partial charge on any atom is 0.146 e. The Kier molecular flexibility index (Phi) is 12.1. The monoisotopic (exact) mass is 542 g/mol. The molecule has 0 unspecified atom stereocenters. The van der Waals surface area contributed by atoms with Gasteiger partial charge in [-0.2, -0.15) is 0 Å². The Morgan fingerprint density at radius 2 is 0.976 bits per heavy atom. The first-order valence-electron chi connectivity index (χ1n) is 15.6. The van der Waals surface area contributed by atoms with E-state index in [4.69, 9.17) is 0 Å². The number of benzene rings is 4. The van der Waals surface area contributed by atoms with Crippen molar-refractivity contribution in [3.05, 3.63) is 118 Å². The van der Waals surface area contributed by atoms with Gasteiger partial charge in [0.2, 0.25) is 0 Å². The molecule has 0 radical (unpaired) electrons. The van der Waals surface area contributed by atoms with E-state index in [1.165, 1.54) is 75.3 Å². The summed E-state index contributed by atoms with van der Waals surface area (Å²) >= 11 is 0. The second-order valence-corrected chi connectivity index (χ2v) is 11.1. The molecule has 0 atom stereocenters. The number of aryl methyl sites for hydroxylation is 2. The summed E-state index contributed by atoms with van der Waals surface area (Å²) in [5.41, 5.74) is 5.91. The molecule has 0 spiro atoms. The predicted octanol–water partition coefficient (Wildman–Crippen LogP) is 10.8. The first-order valence-corrected chi connectivity index (χ1v) is 15.6. The van der Waals surface area contributed by atoms with Gasteiger partial charge >= 0.3 is 0 Å². The number of unbranched alkanes of at least 4 members (excludes halogenated alkanes) is 8. The molecule has 0 aromatic heterocycles. The Hall–Kier alpha value is -3.81. The molecule has 0 nitrogen and oxygen atoms in total. The quantitative estimate of drug-likeness (QED) is 0.123. The van der Waals surface area contributed by atoms with Gasteiger partial charge in [-0.1, -0.05) is 125 Å². The van der Waals surface area contributed by atoms with Gasteiger partial charge in [0.15, 0.2) is 0 Å². The normalized spacial score (nSPS) is 10.6. The van der Waals surface area contributed by atoms with Crippen LogP contribution in [-0.4, -0.2) is 0 Å². The summed E-state index contributed by atoms with van der Waals surface area (Å²) in [6.07, 6.45) is 15.2. The molecule has 0 N–H and O–H groups in total. The highest BCUT2D eigenvalue weighted by molar-refractivity contribution is 5.86. The molecule has 0 aliphatic heterocycles. The zero-order chi connectivity index (χ0) is 28.7. The molecular formula is C40H43F. The van der Waals surface area contributed by atoms with Crippen molar-refractivity contribution < 1.29 is 4.39 Å². The van der Waals surface area contributed by atoms with Gasteiger partial charge < -0.3 is 0 Å². The van der Waals surface area contributed by atoms with E-state index in [1.54, 1.807) is 6.07 Å². The molecule has 4 aromatic rings. The molecule has 0 bridgehead atoms.